The van der Waals surface area contributed by atoms with E-state index in [1.54, 1.807) is 0 Å². The highest BCUT2D eigenvalue weighted by Crippen LogP contribution is 1.95. The lowest BCUT2D eigenvalue weighted by Gasteiger charge is -1.91. The van der Waals surface area contributed by atoms with E-state index in [1.165, 1.54) is 10.9 Å². The van der Waals surface area contributed by atoms with Crippen molar-refractivity contribution in [3.8, 4) is 48.0 Å². The number of anilines is 1. The molecule has 0 fully saturated rings. The molecule has 0 bridgehead atoms. The summed E-state index contributed by atoms with van der Waals surface area (Å²) in [7, 11) is 0. The number of nitrogens with zero attached hydrogens (tertiary/aromatic N) is 3. The van der Waals surface area contributed by atoms with Gasteiger partial charge in [0.2, 0.25) is 0 Å². The van der Waals surface area contributed by atoms with Gasteiger partial charge in [-0.05, 0) is 17.8 Å². The molecule has 0 unspecified atom stereocenters. The molecular formula is C10H4N4O. The zero-order valence-electron chi connectivity index (χ0n) is 7.44. The van der Waals surface area contributed by atoms with Crippen molar-refractivity contribution in [2.24, 2.45) is 0 Å². The number of hydrogen-bond donors (Lipinski definition) is 2. The number of rotatable bonds is 1. The largest absolute Gasteiger partial charge is 0.288 e. The topological polar surface area (TPSA) is 63.0 Å². The molecule has 0 radical (unpaired) electrons. The summed E-state index contributed by atoms with van der Waals surface area (Å²) in [6.07, 6.45) is 6.19. The summed E-state index contributed by atoms with van der Waals surface area (Å²) in [4.78, 5) is 0. The van der Waals surface area contributed by atoms with Crippen LogP contribution in [0, 0.1) is 48.0 Å². The normalized spacial score (nSPS) is 6.67. The van der Waals surface area contributed by atoms with E-state index in [9.17, 15) is 0 Å². The van der Waals surface area contributed by atoms with Crippen molar-refractivity contribution in [1.82, 2.24) is 14.8 Å². The van der Waals surface area contributed by atoms with E-state index in [0.29, 0.717) is 0 Å². The molecule has 70 valence electrons. The van der Waals surface area contributed by atoms with E-state index in [0.717, 1.165) is 0 Å². The van der Waals surface area contributed by atoms with Gasteiger partial charge in [0.1, 0.15) is 6.33 Å². The Morgan fingerprint density at radius 1 is 1.27 bits per heavy atom. The molecule has 0 spiro atoms. The molecule has 1 rings (SSSR count). The minimum atomic E-state index is 0.110. The smallest absolute Gasteiger partial charge is 0.260 e. The predicted octanol–water partition coefficient (Wildman–Crippen LogP) is -0.472. The van der Waals surface area contributed by atoms with Crippen molar-refractivity contribution < 1.29 is 5.21 Å². The lowest BCUT2D eigenvalue weighted by atomic mass is 10.5. The number of aromatic nitrogens is 3. The third-order valence-corrected chi connectivity index (χ3v) is 1.15. The zero-order valence-corrected chi connectivity index (χ0v) is 7.44. The average Bonchev–Trinajstić information content (AvgIpc) is 2.70. The van der Waals surface area contributed by atoms with Crippen LogP contribution in [-0.2, 0) is 0 Å². The molecule has 0 saturated heterocycles. The minimum absolute atomic E-state index is 0.110. The summed E-state index contributed by atoms with van der Waals surface area (Å²) in [5.41, 5.74) is 1.82. The molecule has 5 heteroatoms. The molecule has 0 aromatic carbocycles. The van der Waals surface area contributed by atoms with Crippen LogP contribution in [-0.4, -0.2) is 20.0 Å². The molecule has 1 aromatic rings. The van der Waals surface area contributed by atoms with Gasteiger partial charge in [0.15, 0.2) is 0 Å². The molecule has 0 saturated carbocycles. The van der Waals surface area contributed by atoms with Crippen molar-refractivity contribution in [3.05, 3.63) is 6.33 Å². The fourth-order valence-electron chi connectivity index (χ4n) is 0.611. The third kappa shape index (κ3) is 3.17. The second kappa shape index (κ2) is 5.73. The van der Waals surface area contributed by atoms with Gasteiger partial charge < -0.3 is 0 Å². The highest BCUT2D eigenvalue weighted by atomic mass is 16.5. The first-order valence-corrected chi connectivity index (χ1v) is 3.65. The number of hydrogen-bond acceptors (Lipinski definition) is 4. The van der Waals surface area contributed by atoms with Crippen LogP contribution in [0.5, 0.6) is 0 Å². The van der Waals surface area contributed by atoms with Crippen LogP contribution in [0.3, 0.4) is 0 Å². The Morgan fingerprint density at radius 3 is 2.73 bits per heavy atom. The molecule has 0 atom stereocenters. The summed E-state index contributed by atoms with van der Waals surface area (Å²) in [6.45, 7) is 0. The van der Waals surface area contributed by atoms with Crippen LogP contribution in [0.4, 0.5) is 5.95 Å². The van der Waals surface area contributed by atoms with Crippen molar-refractivity contribution in [1.29, 1.82) is 0 Å². The Kier molecular flexibility index (Phi) is 3.90. The highest BCUT2D eigenvalue weighted by molar-refractivity contribution is 5.40. The van der Waals surface area contributed by atoms with Gasteiger partial charge in [-0.1, -0.05) is 0 Å². The van der Waals surface area contributed by atoms with E-state index in [1.807, 2.05) is 5.48 Å². The van der Waals surface area contributed by atoms with Crippen molar-refractivity contribution >= 4 is 5.95 Å². The van der Waals surface area contributed by atoms with Crippen LogP contribution in [0.2, 0.25) is 0 Å². The molecule has 0 aliphatic heterocycles. The summed E-state index contributed by atoms with van der Waals surface area (Å²) in [6, 6.07) is 2.55. The van der Waals surface area contributed by atoms with E-state index in [-0.39, 0.29) is 5.95 Å². The van der Waals surface area contributed by atoms with Crippen LogP contribution in [0.15, 0.2) is 6.33 Å². The molecule has 0 aliphatic carbocycles. The van der Waals surface area contributed by atoms with E-state index in [2.05, 4.69) is 51.8 Å². The maximum atomic E-state index is 8.56. The van der Waals surface area contributed by atoms with E-state index in [4.69, 9.17) is 11.6 Å². The fraction of sp³-hybridized carbons (Fsp3) is 0. The lowest BCUT2D eigenvalue weighted by molar-refractivity contribution is 0.381. The minimum Gasteiger partial charge on any atom is -0.288 e. The molecule has 15 heavy (non-hydrogen) atoms. The second-order valence-electron chi connectivity index (χ2n) is 2.02. The molecule has 1 aromatic heterocycles. The summed E-state index contributed by atoms with van der Waals surface area (Å²) >= 11 is 0. The zero-order chi connectivity index (χ0) is 10.9. The van der Waals surface area contributed by atoms with Crippen molar-refractivity contribution in [2.75, 3.05) is 5.48 Å². The first-order chi connectivity index (χ1) is 7.38. The first kappa shape index (κ1) is 10.2. The van der Waals surface area contributed by atoms with Gasteiger partial charge in [0.25, 0.3) is 5.95 Å². The average molecular weight is 196 g/mol. The van der Waals surface area contributed by atoms with E-state index < -0.39 is 0 Å². The highest BCUT2D eigenvalue weighted by Gasteiger charge is 1.96. The third-order valence-electron chi connectivity index (χ3n) is 1.15. The van der Waals surface area contributed by atoms with Gasteiger partial charge in [-0.2, -0.15) is 0 Å². The molecule has 2 N–H and O–H groups in total. The number of nitrogens with one attached hydrogen (secondary N) is 1. The van der Waals surface area contributed by atoms with Crippen LogP contribution in [0.25, 0.3) is 0 Å². The summed E-state index contributed by atoms with van der Waals surface area (Å²) < 4.78 is 1.27. The quantitative estimate of drug-likeness (QED) is 0.470. The van der Waals surface area contributed by atoms with Gasteiger partial charge in [-0.15, -0.1) is 16.6 Å². The SMILES string of the molecule is C#CC#CC#CC#Cn1cnnc1NO. The van der Waals surface area contributed by atoms with Gasteiger partial charge in [0, 0.05) is 23.8 Å². The fourth-order valence-corrected chi connectivity index (χ4v) is 0.611. The van der Waals surface area contributed by atoms with Crippen LogP contribution in [0.1, 0.15) is 0 Å². The van der Waals surface area contributed by atoms with Crippen LogP contribution >= 0.6 is 0 Å². The summed E-state index contributed by atoms with van der Waals surface area (Å²) in [5.74, 6) is 14.3. The second-order valence-corrected chi connectivity index (χ2v) is 2.02. The summed E-state index contributed by atoms with van der Waals surface area (Å²) in [5, 5.41) is 15.6. The Hall–Kier alpha value is -2.86. The standard InChI is InChI=1S/C10H4N4O/c1-2-3-4-5-6-7-8-14-9-11-12-10(14)13-15/h1,9,15H,(H,12,13). The Morgan fingerprint density at radius 2 is 2.00 bits per heavy atom. The van der Waals surface area contributed by atoms with Gasteiger partial charge >= 0.3 is 0 Å². The molecular weight excluding hydrogens is 192 g/mol. The van der Waals surface area contributed by atoms with Crippen molar-refractivity contribution in [2.45, 2.75) is 0 Å². The van der Waals surface area contributed by atoms with Gasteiger partial charge in [0.05, 0.1) is 0 Å². The van der Waals surface area contributed by atoms with Gasteiger partial charge in [-0.25, -0.2) is 10.0 Å². The van der Waals surface area contributed by atoms with Crippen LogP contribution < -0.4 is 5.48 Å². The Balaban J connectivity index is 2.74. The first-order valence-electron chi connectivity index (χ1n) is 3.65. The lowest BCUT2D eigenvalue weighted by Crippen LogP contribution is -1.98. The Labute approximate surface area is 86.5 Å². The van der Waals surface area contributed by atoms with E-state index >= 15 is 0 Å². The Bertz CT molecular complexity index is 560. The maximum Gasteiger partial charge on any atom is 0.260 e. The van der Waals surface area contributed by atoms with Gasteiger partial charge in [-0.3, -0.25) is 5.21 Å². The number of terminal acetylenes is 1. The molecule has 5 nitrogen and oxygen atoms in total. The molecule has 1 heterocycles. The van der Waals surface area contributed by atoms with Crippen molar-refractivity contribution in [3.63, 3.8) is 0 Å². The monoisotopic (exact) mass is 196 g/mol. The predicted molar refractivity (Wildman–Crippen MR) is 53.0 cm³/mol. The molecule has 0 amide bonds. The molecule has 0 aliphatic rings. The maximum absolute atomic E-state index is 8.56.